The van der Waals surface area contributed by atoms with Gasteiger partial charge in [0.25, 0.3) is 0 Å². The molecule has 3 atom stereocenters. The van der Waals surface area contributed by atoms with E-state index in [0.29, 0.717) is 6.04 Å². The fourth-order valence-corrected chi connectivity index (χ4v) is 3.88. The first-order valence-electron chi connectivity index (χ1n) is 8.33. The molecule has 0 bridgehead atoms. The molecule has 1 heterocycles. The van der Waals surface area contributed by atoms with Crippen LogP contribution in [0.1, 0.15) is 58.8 Å². The Morgan fingerprint density at radius 1 is 1.40 bits per heavy atom. The van der Waals surface area contributed by atoms with E-state index in [2.05, 4.69) is 24.1 Å². The first-order valence-corrected chi connectivity index (χ1v) is 8.33. The third-order valence-corrected chi connectivity index (χ3v) is 5.26. The van der Waals surface area contributed by atoms with Gasteiger partial charge in [-0.25, -0.2) is 0 Å². The average Bonchev–Trinajstić information content (AvgIpc) is 2.94. The summed E-state index contributed by atoms with van der Waals surface area (Å²) in [6, 6.07) is 0.459. The largest absolute Gasteiger partial charge is 0.480 e. The molecule has 0 aromatic carbocycles. The quantitative estimate of drug-likeness (QED) is 0.786. The molecular weight excluding hydrogens is 252 g/mol. The van der Waals surface area contributed by atoms with Gasteiger partial charge in [0.15, 0.2) is 0 Å². The van der Waals surface area contributed by atoms with Gasteiger partial charge in [-0.2, -0.15) is 0 Å². The predicted octanol–water partition coefficient (Wildman–Crippen LogP) is 2.48. The number of nitrogens with one attached hydrogen (secondary N) is 1. The summed E-state index contributed by atoms with van der Waals surface area (Å²) in [5.41, 5.74) is -0.677. The third-order valence-electron chi connectivity index (χ3n) is 5.26. The molecule has 2 fully saturated rings. The van der Waals surface area contributed by atoms with Crippen LogP contribution in [0.5, 0.6) is 0 Å². The Kier molecular flexibility index (Phi) is 5.44. The Bertz CT molecular complexity index is 334. The molecule has 20 heavy (non-hydrogen) atoms. The van der Waals surface area contributed by atoms with Crippen molar-refractivity contribution in [2.24, 2.45) is 5.92 Å². The van der Waals surface area contributed by atoms with Crippen molar-refractivity contribution < 1.29 is 9.90 Å². The van der Waals surface area contributed by atoms with Crippen LogP contribution in [0, 0.1) is 5.92 Å². The van der Waals surface area contributed by atoms with E-state index in [1.54, 1.807) is 0 Å². The lowest BCUT2D eigenvalue weighted by atomic mass is 9.78. The summed E-state index contributed by atoms with van der Waals surface area (Å²) < 4.78 is 0. The van der Waals surface area contributed by atoms with E-state index in [1.807, 2.05) is 0 Å². The Morgan fingerprint density at radius 2 is 2.20 bits per heavy atom. The van der Waals surface area contributed by atoms with Crippen LogP contribution < -0.4 is 5.32 Å². The Labute approximate surface area is 122 Å². The molecule has 1 saturated heterocycles. The lowest BCUT2D eigenvalue weighted by Gasteiger charge is -2.42. The van der Waals surface area contributed by atoms with Crippen LogP contribution in [-0.4, -0.2) is 47.2 Å². The van der Waals surface area contributed by atoms with Gasteiger partial charge in [0.1, 0.15) is 5.54 Å². The molecule has 4 nitrogen and oxygen atoms in total. The molecule has 0 aromatic heterocycles. The van der Waals surface area contributed by atoms with Gasteiger partial charge in [0.05, 0.1) is 0 Å². The minimum atomic E-state index is -0.677. The highest BCUT2D eigenvalue weighted by Gasteiger charge is 2.44. The number of hydrogen-bond acceptors (Lipinski definition) is 3. The zero-order valence-corrected chi connectivity index (χ0v) is 13.0. The first kappa shape index (κ1) is 15.8. The molecule has 1 saturated carbocycles. The van der Waals surface area contributed by atoms with Crippen molar-refractivity contribution >= 4 is 5.97 Å². The molecule has 116 valence electrons. The lowest BCUT2D eigenvalue weighted by Crippen LogP contribution is -2.58. The van der Waals surface area contributed by atoms with Gasteiger partial charge in [-0.1, -0.05) is 20.3 Å². The highest BCUT2D eigenvalue weighted by molar-refractivity contribution is 5.79. The molecule has 4 heteroatoms. The number of hydrogen-bond donors (Lipinski definition) is 2. The molecule has 2 N–H and O–H groups in total. The van der Waals surface area contributed by atoms with Gasteiger partial charge in [0, 0.05) is 12.6 Å². The SMILES string of the molecule is CCCNC1(C(=O)O)CCCC(N2CCC(CC)C2)C1. The fraction of sp³-hybridized carbons (Fsp3) is 0.938. The highest BCUT2D eigenvalue weighted by atomic mass is 16.4. The summed E-state index contributed by atoms with van der Waals surface area (Å²) in [4.78, 5) is 14.3. The van der Waals surface area contributed by atoms with Crippen molar-refractivity contribution in [3.63, 3.8) is 0 Å². The van der Waals surface area contributed by atoms with Crippen LogP contribution in [0.2, 0.25) is 0 Å². The molecule has 2 aliphatic rings. The normalized spacial score (nSPS) is 35.3. The number of nitrogens with zero attached hydrogens (tertiary/aromatic N) is 1. The van der Waals surface area contributed by atoms with Crippen LogP contribution in [0.25, 0.3) is 0 Å². The smallest absolute Gasteiger partial charge is 0.323 e. The third kappa shape index (κ3) is 3.34. The molecule has 1 aliphatic carbocycles. The zero-order valence-electron chi connectivity index (χ0n) is 13.0. The molecule has 3 unspecified atom stereocenters. The van der Waals surface area contributed by atoms with Gasteiger partial charge < -0.3 is 15.3 Å². The van der Waals surface area contributed by atoms with E-state index in [4.69, 9.17) is 0 Å². The van der Waals surface area contributed by atoms with E-state index in [1.165, 1.54) is 25.8 Å². The fourth-order valence-electron chi connectivity index (χ4n) is 3.88. The predicted molar refractivity (Wildman–Crippen MR) is 80.9 cm³/mol. The van der Waals surface area contributed by atoms with Crippen molar-refractivity contribution in [2.75, 3.05) is 19.6 Å². The number of rotatable bonds is 6. The number of carbonyl (C=O) groups is 1. The first-order chi connectivity index (χ1) is 9.61. The van der Waals surface area contributed by atoms with Crippen molar-refractivity contribution in [1.82, 2.24) is 10.2 Å². The van der Waals surface area contributed by atoms with Gasteiger partial charge >= 0.3 is 5.97 Å². The second-order valence-corrected chi connectivity index (χ2v) is 6.62. The van der Waals surface area contributed by atoms with Crippen molar-refractivity contribution in [3.8, 4) is 0 Å². The van der Waals surface area contributed by atoms with Crippen LogP contribution in [0.3, 0.4) is 0 Å². The molecular formula is C16H30N2O2. The standard InChI is InChI=1S/C16H30N2O2/c1-3-9-17-16(15(19)20)8-5-6-14(11-16)18-10-7-13(4-2)12-18/h13-14,17H,3-12H2,1-2H3,(H,19,20). The highest BCUT2D eigenvalue weighted by Crippen LogP contribution is 2.34. The maximum absolute atomic E-state index is 11.8. The van der Waals surface area contributed by atoms with Crippen LogP contribution >= 0.6 is 0 Å². The van der Waals surface area contributed by atoms with E-state index in [-0.39, 0.29) is 0 Å². The van der Waals surface area contributed by atoms with Gasteiger partial charge in [-0.05, 0) is 57.5 Å². The summed E-state index contributed by atoms with van der Waals surface area (Å²) in [5.74, 6) is 0.168. The Hall–Kier alpha value is -0.610. The number of carboxylic acids is 1. The van der Waals surface area contributed by atoms with E-state index < -0.39 is 11.5 Å². The van der Waals surface area contributed by atoms with Gasteiger partial charge in [-0.15, -0.1) is 0 Å². The summed E-state index contributed by atoms with van der Waals surface area (Å²) >= 11 is 0. The van der Waals surface area contributed by atoms with Crippen molar-refractivity contribution in [2.45, 2.75) is 70.4 Å². The topological polar surface area (TPSA) is 52.6 Å². The Balaban J connectivity index is 2.00. The molecule has 2 rings (SSSR count). The zero-order chi connectivity index (χ0) is 14.6. The van der Waals surface area contributed by atoms with Gasteiger partial charge in [0.2, 0.25) is 0 Å². The summed E-state index contributed by atoms with van der Waals surface area (Å²) in [6.45, 7) is 7.49. The van der Waals surface area contributed by atoms with Crippen molar-refractivity contribution in [1.29, 1.82) is 0 Å². The summed E-state index contributed by atoms with van der Waals surface area (Å²) in [6.07, 6.45) is 7.28. The van der Waals surface area contributed by atoms with Crippen LogP contribution in [0.15, 0.2) is 0 Å². The molecule has 0 radical (unpaired) electrons. The van der Waals surface area contributed by atoms with Crippen LogP contribution in [-0.2, 0) is 4.79 Å². The van der Waals surface area contributed by atoms with Crippen LogP contribution in [0.4, 0.5) is 0 Å². The van der Waals surface area contributed by atoms with E-state index in [0.717, 1.165) is 44.7 Å². The van der Waals surface area contributed by atoms with Crippen molar-refractivity contribution in [3.05, 3.63) is 0 Å². The lowest BCUT2D eigenvalue weighted by molar-refractivity contribution is -0.147. The minimum absolute atomic E-state index is 0.459. The van der Waals surface area contributed by atoms with E-state index >= 15 is 0 Å². The summed E-state index contributed by atoms with van der Waals surface area (Å²) in [7, 11) is 0. The summed E-state index contributed by atoms with van der Waals surface area (Å²) in [5, 5.41) is 13.0. The number of carboxylic acid groups (broad SMARTS) is 1. The minimum Gasteiger partial charge on any atom is -0.480 e. The monoisotopic (exact) mass is 282 g/mol. The maximum Gasteiger partial charge on any atom is 0.323 e. The van der Waals surface area contributed by atoms with Gasteiger partial charge in [-0.3, -0.25) is 4.79 Å². The Morgan fingerprint density at radius 3 is 2.80 bits per heavy atom. The number of aliphatic carboxylic acids is 1. The number of likely N-dealkylation sites (tertiary alicyclic amines) is 1. The molecule has 0 amide bonds. The maximum atomic E-state index is 11.8. The molecule has 0 aromatic rings. The van der Waals surface area contributed by atoms with E-state index in [9.17, 15) is 9.90 Å². The second-order valence-electron chi connectivity index (χ2n) is 6.62. The molecule has 0 spiro atoms. The average molecular weight is 282 g/mol. The second kappa shape index (κ2) is 6.90. The molecule has 1 aliphatic heterocycles.